The lowest BCUT2D eigenvalue weighted by Crippen LogP contribution is -2.58. The Kier molecular flexibility index (Phi) is 15.6. The second kappa shape index (κ2) is 19.5. The fraction of sp³-hybridized carbons (Fsp3) is 0.439. The van der Waals surface area contributed by atoms with Gasteiger partial charge in [0.05, 0.1) is 0 Å². The van der Waals surface area contributed by atoms with E-state index in [-0.39, 0.29) is 30.6 Å². The molecule has 0 aromatic heterocycles. The average molecular weight is 713 g/mol. The molecule has 0 bridgehead atoms. The molecular formula is C41H56N6O5. The highest BCUT2D eigenvalue weighted by atomic mass is 16.2. The number of likely N-dealkylation sites (N-methyl/N-ethyl adjacent to an activating group) is 3. The minimum atomic E-state index is -0.997. The largest absolute Gasteiger partial charge is 0.356 e. The van der Waals surface area contributed by atoms with E-state index in [1.165, 1.54) is 27.7 Å². The lowest BCUT2D eigenvalue weighted by atomic mass is 9.98. The molecule has 0 aliphatic heterocycles. The van der Waals surface area contributed by atoms with E-state index in [1.54, 1.807) is 34.3 Å². The van der Waals surface area contributed by atoms with Gasteiger partial charge >= 0.3 is 0 Å². The molecule has 3 aromatic carbocycles. The van der Waals surface area contributed by atoms with Gasteiger partial charge in [0.2, 0.25) is 29.5 Å². The molecule has 0 unspecified atom stereocenters. The van der Waals surface area contributed by atoms with Crippen molar-refractivity contribution in [3.05, 3.63) is 96.1 Å². The first kappa shape index (κ1) is 41.4. The van der Waals surface area contributed by atoms with Gasteiger partial charge < -0.3 is 31.1 Å². The highest BCUT2D eigenvalue weighted by Gasteiger charge is 2.36. The SMILES string of the molecule is CC(=O)NCCCC[C@H](NC(=O)[C@@H](Cc1ccccc1)N(C)C(=O)[C@@H](Cc1ccc2ccccc2c1)N(C)C(=O)/C=C/CC(C)(C)N)C(=O)N(C)C. The lowest BCUT2D eigenvalue weighted by Gasteiger charge is -2.35. The van der Waals surface area contributed by atoms with Crippen molar-refractivity contribution < 1.29 is 24.0 Å². The zero-order chi connectivity index (χ0) is 38.4. The minimum absolute atomic E-state index is 0.132. The van der Waals surface area contributed by atoms with Crippen LogP contribution in [0.3, 0.4) is 0 Å². The summed E-state index contributed by atoms with van der Waals surface area (Å²) in [6.45, 7) is 5.65. The van der Waals surface area contributed by atoms with Crippen LogP contribution >= 0.6 is 0 Å². The molecule has 0 fully saturated rings. The lowest BCUT2D eigenvalue weighted by molar-refractivity contribution is -0.146. The van der Waals surface area contributed by atoms with Crippen molar-refractivity contribution in [3.8, 4) is 0 Å². The van der Waals surface area contributed by atoms with E-state index in [2.05, 4.69) is 10.6 Å². The summed E-state index contributed by atoms with van der Waals surface area (Å²) in [6.07, 6.45) is 5.58. The van der Waals surface area contributed by atoms with Gasteiger partial charge in [-0.1, -0.05) is 78.9 Å². The molecule has 0 heterocycles. The predicted octanol–water partition coefficient (Wildman–Crippen LogP) is 3.84. The van der Waals surface area contributed by atoms with Gasteiger partial charge in [-0.15, -0.1) is 0 Å². The number of carbonyl (C=O) groups excluding carboxylic acids is 5. The third-order valence-corrected chi connectivity index (χ3v) is 8.99. The Morgan fingerprint density at radius 2 is 1.40 bits per heavy atom. The van der Waals surface area contributed by atoms with Crippen LogP contribution in [0.25, 0.3) is 10.8 Å². The van der Waals surface area contributed by atoms with Crippen molar-refractivity contribution in [2.24, 2.45) is 5.73 Å². The molecule has 52 heavy (non-hydrogen) atoms. The third kappa shape index (κ3) is 12.9. The van der Waals surface area contributed by atoms with E-state index in [1.807, 2.05) is 86.6 Å². The monoisotopic (exact) mass is 712 g/mol. The van der Waals surface area contributed by atoms with Crippen molar-refractivity contribution in [3.63, 3.8) is 0 Å². The quantitative estimate of drug-likeness (QED) is 0.135. The second-order valence-corrected chi connectivity index (χ2v) is 14.4. The van der Waals surface area contributed by atoms with Gasteiger partial charge in [-0.25, -0.2) is 0 Å². The standard InChI is InChI=1S/C41H56N6O5/c1-29(48)43-25-14-13-20-34(39(51)45(4)5)44-38(50)35(27-30-16-9-8-10-17-30)47(7)40(52)36(46(6)37(49)21-15-24-41(2,3)42)28-31-22-23-32-18-11-12-19-33(32)26-31/h8-12,15-19,21-23,26,34-36H,13-14,20,24-25,27-28,42H2,1-7H3,(H,43,48)(H,44,50)/b21-15+/t34-,35+,36+/m0/s1. The summed E-state index contributed by atoms with van der Waals surface area (Å²) in [5.41, 5.74) is 7.30. The molecule has 0 saturated carbocycles. The summed E-state index contributed by atoms with van der Waals surface area (Å²) in [5.74, 6) is -1.67. The smallest absolute Gasteiger partial charge is 0.246 e. The van der Waals surface area contributed by atoms with Crippen LogP contribution in [-0.4, -0.2) is 103 Å². The number of rotatable bonds is 18. The van der Waals surface area contributed by atoms with E-state index in [0.717, 1.165) is 21.9 Å². The van der Waals surface area contributed by atoms with Gasteiger partial charge in [0, 0.05) is 60.0 Å². The maximum atomic E-state index is 14.7. The number of fused-ring (bicyclic) bond motifs is 1. The fourth-order valence-electron chi connectivity index (χ4n) is 5.92. The van der Waals surface area contributed by atoms with Crippen molar-refractivity contribution in [1.29, 1.82) is 0 Å². The zero-order valence-corrected chi connectivity index (χ0v) is 31.7. The van der Waals surface area contributed by atoms with Crippen molar-refractivity contribution in [1.82, 2.24) is 25.3 Å². The Hall–Kier alpha value is -5.03. The van der Waals surface area contributed by atoms with Crippen molar-refractivity contribution in [2.45, 2.75) is 83.0 Å². The van der Waals surface area contributed by atoms with Gasteiger partial charge in [-0.3, -0.25) is 24.0 Å². The summed E-state index contributed by atoms with van der Waals surface area (Å²) in [4.78, 5) is 71.2. The second-order valence-electron chi connectivity index (χ2n) is 14.4. The summed E-state index contributed by atoms with van der Waals surface area (Å²) in [5, 5.41) is 7.76. The molecule has 3 aromatic rings. The maximum Gasteiger partial charge on any atom is 0.246 e. The molecule has 3 rings (SSSR count). The Labute approximate surface area is 308 Å². The van der Waals surface area contributed by atoms with Crippen LogP contribution in [0.2, 0.25) is 0 Å². The molecule has 0 spiro atoms. The van der Waals surface area contributed by atoms with Crippen LogP contribution in [-0.2, 0) is 36.8 Å². The number of nitrogens with zero attached hydrogens (tertiary/aromatic N) is 3. The highest BCUT2D eigenvalue weighted by molar-refractivity contribution is 5.96. The molecule has 0 saturated heterocycles. The van der Waals surface area contributed by atoms with Crippen LogP contribution in [0, 0.1) is 0 Å². The third-order valence-electron chi connectivity index (χ3n) is 8.99. The first-order valence-electron chi connectivity index (χ1n) is 17.8. The average Bonchev–Trinajstić information content (AvgIpc) is 3.10. The Balaban J connectivity index is 1.96. The Morgan fingerprint density at radius 3 is 2.04 bits per heavy atom. The van der Waals surface area contributed by atoms with E-state index in [0.29, 0.717) is 32.2 Å². The van der Waals surface area contributed by atoms with E-state index < -0.39 is 35.5 Å². The predicted molar refractivity (Wildman–Crippen MR) is 206 cm³/mol. The van der Waals surface area contributed by atoms with Crippen LogP contribution in [0.5, 0.6) is 0 Å². The molecule has 5 amide bonds. The highest BCUT2D eigenvalue weighted by Crippen LogP contribution is 2.20. The number of amides is 5. The van der Waals surface area contributed by atoms with Crippen LogP contribution in [0.4, 0.5) is 0 Å². The molecule has 4 N–H and O–H groups in total. The number of benzene rings is 3. The van der Waals surface area contributed by atoms with Gasteiger partial charge in [0.25, 0.3) is 0 Å². The molecule has 280 valence electrons. The summed E-state index contributed by atoms with van der Waals surface area (Å²) >= 11 is 0. The summed E-state index contributed by atoms with van der Waals surface area (Å²) < 4.78 is 0. The van der Waals surface area contributed by atoms with Crippen LogP contribution < -0.4 is 16.4 Å². The van der Waals surface area contributed by atoms with Gasteiger partial charge in [-0.2, -0.15) is 0 Å². The van der Waals surface area contributed by atoms with Gasteiger partial charge in [0.1, 0.15) is 18.1 Å². The van der Waals surface area contributed by atoms with Gasteiger partial charge in [0.15, 0.2) is 0 Å². The number of hydrogen-bond acceptors (Lipinski definition) is 6. The van der Waals surface area contributed by atoms with E-state index in [4.69, 9.17) is 5.73 Å². The first-order chi connectivity index (χ1) is 24.6. The number of carbonyl (C=O) groups is 5. The normalized spacial score (nSPS) is 13.2. The zero-order valence-electron chi connectivity index (χ0n) is 31.7. The molecule has 11 heteroatoms. The minimum Gasteiger partial charge on any atom is -0.356 e. The first-order valence-corrected chi connectivity index (χ1v) is 17.8. The fourth-order valence-corrected chi connectivity index (χ4v) is 5.92. The molecule has 0 radical (unpaired) electrons. The molecule has 3 atom stereocenters. The Morgan fingerprint density at radius 1 is 0.769 bits per heavy atom. The molecule has 0 aliphatic rings. The van der Waals surface area contributed by atoms with E-state index in [9.17, 15) is 24.0 Å². The van der Waals surface area contributed by atoms with Crippen LogP contribution in [0.1, 0.15) is 57.6 Å². The molecule has 11 nitrogen and oxygen atoms in total. The maximum absolute atomic E-state index is 14.7. The van der Waals surface area contributed by atoms with Crippen molar-refractivity contribution >= 4 is 40.3 Å². The van der Waals surface area contributed by atoms with E-state index >= 15 is 0 Å². The number of nitrogens with one attached hydrogen (secondary N) is 2. The Bertz CT molecular complexity index is 1700. The number of unbranched alkanes of at least 4 members (excludes halogenated alkanes) is 1. The van der Waals surface area contributed by atoms with Crippen molar-refractivity contribution in [2.75, 3.05) is 34.7 Å². The molecule has 0 aliphatic carbocycles. The molecular weight excluding hydrogens is 656 g/mol. The van der Waals surface area contributed by atoms with Gasteiger partial charge in [-0.05, 0) is 67.5 Å². The topological polar surface area (TPSA) is 145 Å². The summed E-state index contributed by atoms with van der Waals surface area (Å²) in [6, 6.07) is 20.5. The number of hydrogen-bond donors (Lipinski definition) is 3. The number of nitrogens with two attached hydrogens (primary N) is 1. The summed E-state index contributed by atoms with van der Waals surface area (Å²) in [7, 11) is 6.42. The van der Waals surface area contributed by atoms with Crippen LogP contribution in [0.15, 0.2) is 84.9 Å².